The van der Waals surface area contributed by atoms with Gasteiger partial charge in [0.15, 0.2) is 5.82 Å². The summed E-state index contributed by atoms with van der Waals surface area (Å²) in [5.74, 6) is 0.553. The quantitative estimate of drug-likeness (QED) is 0.0259. The molecule has 5 N–H and O–H groups in total. The first-order valence-electron chi connectivity index (χ1n) is 20.6. The standard InChI is InChI=1S/C18H25ClN4O3.C8H12ClN3.C4H7NO2S2.2C4H10O.C4H6O/c1-3-4-9-26-16-10-13(2)17(23(24)25)18-21(7-8-22(16)18)12-14-5-6-15(19)20-11-14;9-8-2-1-7(6-12-8)5-11-4-3-10;1-8-4(9-2)3-5(6)7;3*1-2-3-4-5/h5-6,11,13,16H,3-4,7-10,12H2,1-2H3;1-2,6,11H,3-5,10H2;3H,1-2H3;2*5H,2-4H2,1H3;2-4H,1H3/b;;;;;3-2-. The molecule has 0 aromatic carbocycles. The zero-order chi connectivity index (χ0) is 47.1. The van der Waals surface area contributed by atoms with E-state index in [1.807, 2.05) is 31.6 Å². The molecule has 0 amide bonds. The molecule has 352 valence electrons. The second kappa shape index (κ2) is 40.4. The maximum atomic E-state index is 11.7. The molecule has 0 aliphatic carbocycles. The minimum atomic E-state index is -0.442. The molecule has 0 radical (unpaired) electrons. The number of hydrogen-bond donors (Lipinski definition) is 4. The molecule has 20 heteroatoms. The first kappa shape index (κ1) is 60.8. The molecule has 0 saturated carbocycles. The van der Waals surface area contributed by atoms with E-state index in [1.54, 1.807) is 37.5 Å². The number of allylic oxidation sites excluding steroid dienone is 3. The average molecular weight is 950 g/mol. The van der Waals surface area contributed by atoms with Gasteiger partial charge >= 0.3 is 0 Å². The van der Waals surface area contributed by atoms with E-state index in [2.05, 4.69) is 45.9 Å². The summed E-state index contributed by atoms with van der Waals surface area (Å²) in [5, 5.41) is 41.8. The number of aliphatic hydroxyl groups is 2. The predicted molar refractivity (Wildman–Crippen MR) is 256 cm³/mol. The highest BCUT2D eigenvalue weighted by Gasteiger charge is 2.45. The van der Waals surface area contributed by atoms with Crippen molar-refractivity contribution < 1.29 is 29.6 Å². The molecule has 2 atom stereocenters. The van der Waals surface area contributed by atoms with Gasteiger partial charge in [-0.05, 0) is 68.0 Å². The second-order valence-electron chi connectivity index (χ2n) is 13.3. The number of nitrogens with one attached hydrogen (secondary N) is 1. The minimum absolute atomic E-state index is 0.0939. The number of pyridine rings is 2. The fraction of sp³-hybridized carbons (Fsp3) is 0.595. The van der Waals surface area contributed by atoms with Gasteiger partial charge in [0.1, 0.15) is 27.1 Å². The third-order valence-electron chi connectivity index (χ3n) is 8.29. The number of hydrogen-bond acceptors (Lipinski definition) is 16. The lowest BCUT2D eigenvalue weighted by Gasteiger charge is -2.37. The van der Waals surface area contributed by atoms with E-state index in [4.69, 9.17) is 43.9 Å². The Bertz CT molecular complexity index is 1550. The smallest absolute Gasteiger partial charge is 0.289 e. The Kier molecular flexibility index (Phi) is 39.6. The molecule has 0 spiro atoms. The molecular weight excluding hydrogens is 880 g/mol. The number of ether oxygens (including phenoxy) is 1. The highest BCUT2D eigenvalue weighted by atomic mass is 35.5. The van der Waals surface area contributed by atoms with Crippen molar-refractivity contribution >= 4 is 53.0 Å². The topological polar surface area (TPSA) is 223 Å². The zero-order valence-electron chi connectivity index (χ0n) is 37.4. The first-order valence-corrected chi connectivity index (χ1v) is 23.8. The number of carbonyl (C=O) groups is 1. The molecular formula is C42H70Cl2N8O8S2. The molecule has 4 heterocycles. The number of nitrogens with zero attached hydrogens (tertiary/aromatic N) is 6. The number of halogens is 2. The molecule has 16 nitrogen and oxygen atoms in total. The van der Waals surface area contributed by atoms with Crippen molar-refractivity contribution in [3.63, 3.8) is 0 Å². The number of unbranched alkanes of at least 4 members (excludes halogenated alkanes) is 3. The number of nitrogens with two attached hydrogens (primary N) is 1. The van der Waals surface area contributed by atoms with Gasteiger partial charge in [0.05, 0.1) is 15.8 Å². The highest BCUT2D eigenvalue weighted by Crippen LogP contribution is 2.38. The number of thioether (sulfide) groups is 2. The lowest BCUT2D eigenvalue weighted by atomic mass is 9.98. The van der Waals surface area contributed by atoms with Crippen LogP contribution in [0.1, 0.15) is 90.7 Å². The van der Waals surface area contributed by atoms with E-state index < -0.39 is 4.92 Å². The van der Waals surface area contributed by atoms with Gasteiger partial charge in [0, 0.05) is 77.9 Å². The van der Waals surface area contributed by atoms with E-state index in [-0.39, 0.29) is 17.1 Å². The molecule has 2 aromatic heterocycles. The van der Waals surface area contributed by atoms with Crippen LogP contribution in [-0.2, 0) is 22.6 Å². The van der Waals surface area contributed by atoms with Crippen LogP contribution in [0.15, 0.2) is 70.8 Å². The zero-order valence-corrected chi connectivity index (χ0v) is 40.6. The van der Waals surface area contributed by atoms with Crippen molar-refractivity contribution in [1.82, 2.24) is 25.1 Å². The minimum Gasteiger partial charge on any atom is -0.396 e. The van der Waals surface area contributed by atoms with E-state index in [0.29, 0.717) is 61.2 Å². The first-order chi connectivity index (χ1) is 29.8. The van der Waals surface area contributed by atoms with Crippen molar-refractivity contribution in [2.24, 2.45) is 11.7 Å². The Morgan fingerprint density at radius 1 is 0.968 bits per heavy atom. The summed E-state index contributed by atoms with van der Waals surface area (Å²) in [6.45, 7) is 15.6. The monoisotopic (exact) mass is 948 g/mol. The number of fused-ring (bicyclic) bond motifs is 1. The summed E-state index contributed by atoms with van der Waals surface area (Å²) in [7, 11) is 0. The highest BCUT2D eigenvalue weighted by molar-refractivity contribution is 8.21. The summed E-state index contributed by atoms with van der Waals surface area (Å²) in [6, 6.07) is 7.37. The van der Waals surface area contributed by atoms with Gasteiger partial charge in [-0.25, -0.2) is 9.97 Å². The third kappa shape index (κ3) is 29.1. The van der Waals surface area contributed by atoms with Crippen LogP contribution in [0.25, 0.3) is 0 Å². The average Bonchev–Trinajstić information content (AvgIpc) is 3.66. The van der Waals surface area contributed by atoms with Crippen LogP contribution in [0.2, 0.25) is 10.3 Å². The van der Waals surface area contributed by atoms with E-state index >= 15 is 0 Å². The number of carbonyl (C=O) groups excluding carboxylic acids is 1. The Morgan fingerprint density at radius 2 is 1.53 bits per heavy atom. The summed E-state index contributed by atoms with van der Waals surface area (Å²) in [6.07, 6.45) is 18.7. The number of aromatic nitrogens is 2. The molecule has 2 unspecified atom stereocenters. The Labute approximate surface area is 387 Å². The van der Waals surface area contributed by atoms with Crippen molar-refractivity contribution in [1.29, 1.82) is 0 Å². The third-order valence-corrected chi connectivity index (χ3v) is 10.8. The van der Waals surface area contributed by atoms with Gasteiger partial charge in [-0.3, -0.25) is 25.0 Å². The largest absolute Gasteiger partial charge is 0.396 e. The maximum Gasteiger partial charge on any atom is 0.289 e. The van der Waals surface area contributed by atoms with E-state index in [0.717, 1.165) is 92.6 Å². The number of aliphatic hydroxyl groups excluding tert-OH is 2. The summed E-state index contributed by atoms with van der Waals surface area (Å²) >= 11 is 14.2. The number of nitro groups is 2. The van der Waals surface area contributed by atoms with Crippen molar-refractivity contribution in [2.45, 2.75) is 98.9 Å². The Hall–Kier alpha value is -3.33. The fourth-order valence-corrected chi connectivity index (χ4v) is 6.42. The van der Waals surface area contributed by atoms with Crippen LogP contribution < -0.4 is 11.1 Å². The summed E-state index contributed by atoms with van der Waals surface area (Å²) < 4.78 is 6.78. The van der Waals surface area contributed by atoms with Crippen LogP contribution in [0.3, 0.4) is 0 Å². The van der Waals surface area contributed by atoms with Crippen LogP contribution in [0, 0.1) is 26.1 Å². The Morgan fingerprint density at radius 3 is 1.90 bits per heavy atom. The van der Waals surface area contributed by atoms with Gasteiger partial charge < -0.3 is 35.8 Å². The van der Waals surface area contributed by atoms with Crippen molar-refractivity contribution in [3.05, 3.63) is 112 Å². The van der Waals surface area contributed by atoms with Gasteiger partial charge in [-0.15, -0.1) is 23.5 Å². The SMILES string of the molecule is C/C=C\C=O.CCCCO.CCCCO.CCCCOC1CC(C)C([N+](=O)[O-])=C2N(Cc3ccc(Cl)nc3)CCN21.CSC(=C[N+](=O)[O-])SC.NCCNCc1ccc(Cl)nc1. The fourth-order valence-electron chi connectivity index (χ4n) is 5.15. The maximum absolute atomic E-state index is 11.7. The number of rotatable bonds is 19. The Balaban J connectivity index is 0. The summed E-state index contributed by atoms with van der Waals surface area (Å²) in [5.41, 5.74) is 7.71. The van der Waals surface area contributed by atoms with Crippen LogP contribution >= 0.6 is 46.7 Å². The molecule has 1 fully saturated rings. The van der Waals surface area contributed by atoms with Gasteiger partial charge in [-0.1, -0.05) is 88.4 Å². The molecule has 2 aliphatic heterocycles. The second-order valence-corrected chi connectivity index (χ2v) is 16.0. The molecule has 1 saturated heterocycles. The van der Waals surface area contributed by atoms with Gasteiger partial charge in [-0.2, -0.15) is 0 Å². The molecule has 2 aliphatic rings. The van der Waals surface area contributed by atoms with Crippen LogP contribution in [-0.4, -0.2) is 111 Å². The van der Waals surface area contributed by atoms with Gasteiger partial charge in [0.25, 0.3) is 11.9 Å². The van der Waals surface area contributed by atoms with Crippen LogP contribution in [0.5, 0.6) is 0 Å². The van der Waals surface area contributed by atoms with Crippen molar-refractivity contribution in [3.8, 4) is 0 Å². The normalized spacial score (nSPS) is 14.8. The van der Waals surface area contributed by atoms with Crippen LogP contribution in [0.4, 0.5) is 0 Å². The molecule has 0 bridgehead atoms. The predicted octanol–water partition coefficient (Wildman–Crippen LogP) is 8.37. The lowest BCUT2D eigenvalue weighted by molar-refractivity contribution is -0.439. The van der Waals surface area contributed by atoms with E-state index in [1.165, 1.54) is 29.6 Å². The molecule has 62 heavy (non-hydrogen) atoms. The lowest BCUT2D eigenvalue weighted by Crippen LogP contribution is -2.43. The summed E-state index contributed by atoms with van der Waals surface area (Å²) in [4.78, 5) is 42.4. The molecule has 4 rings (SSSR count). The molecule has 2 aromatic rings. The van der Waals surface area contributed by atoms with Gasteiger partial charge in [0.2, 0.25) is 0 Å². The van der Waals surface area contributed by atoms with E-state index in [9.17, 15) is 25.0 Å². The van der Waals surface area contributed by atoms with Crippen molar-refractivity contribution in [2.75, 3.05) is 58.5 Å². The number of aldehydes is 1.